The molecular weight excluding hydrogens is 514 g/mol. The van der Waals surface area contributed by atoms with Gasteiger partial charge in [-0.05, 0) is 64.4 Å². The van der Waals surface area contributed by atoms with Crippen LogP contribution < -0.4 is 10.2 Å². The Kier molecular flexibility index (Phi) is 7.81. The van der Waals surface area contributed by atoms with E-state index in [-0.39, 0.29) is 5.91 Å². The quantitative estimate of drug-likeness (QED) is 0.355. The van der Waals surface area contributed by atoms with E-state index in [0.29, 0.717) is 28.7 Å². The Morgan fingerprint density at radius 3 is 2.59 bits per heavy atom. The average molecular weight is 550 g/mol. The summed E-state index contributed by atoms with van der Waals surface area (Å²) < 4.78 is 1.66. The van der Waals surface area contributed by atoms with Crippen molar-refractivity contribution in [3.05, 3.63) is 78.0 Å². The third-order valence-corrected chi connectivity index (χ3v) is 7.61. The molecule has 210 valence electrons. The third kappa shape index (κ3) is 6.10. The van der Waals surface area contributed by atoms with E-state index in [0.717, 1.165) is 48.7 Å². The lowest BCUT2D eigenvalue weighted by Gasteiger charge is -2.38. The molecule has 1 amide bonds. The standard InChI is InChI=1S/C31H35N9O/c1-21(2)38-9-11-39(12-10-38)27-14-24(16-33-18-27)28-19-40(37-36-28)29-15-26(17-34-22(29)3)35-30(41)23-7-6-8-25(13-23)31(4,5)20-32/h6-8,13-19,21H,9-12H2,1-5H3,(H,35,41). The fourth-order valence-electron chi connectivity index (χ4n) is 4.89. The molecule has 5 rings (SSSR count). The van der Waals surface area contributed by atoms with Gasteiger partial charge in [-0.15, -0.1) is 5.10 Å². The Labute approximate surface area is 240 Å². The summed E-state index contributed by atoms with van der Waals surface area (Å²) in [5, 5.41) is 21.2. The van der Waals surface area contributed by atoms with E-state index >= 15 is 0 Å². The van der Waals surface area contributed by atoms with Gasteiger partial charge in [0, 0.05) is 49.5 Å². The number of anilines is 2. The van der Waals surface area contributed by atoms with Crippen LogP contribution in [0.2, 0.25) is 0 Å². The van der Waals surface area contributed by atoms with Crippen LogP contribution in [0.1, 0.15) is 49.3 Å². The average Bonchev–Trinajstić information content (AvgIpc) is 3.48. The van der Waals surface area contributed by atoms with Crippen molar-refractivity contribution in [3.63, 3.8) is 0 Å². The molecular formula is C31H35N9O. The number of hydrogen-bond donors (Lipinski definition) is 1. The molecule has 0 aliphatic carbocycles. The molecule has 0 unspecified atom stereocenters. The Bertz CT molecular complexity index is 1590. The summed E-state index contributed by atoms with van der Waals surface area (Å²) in [5.41, 5.74) is 5.18. The number of carbonyl (C=O) groups is 1. The van der Waals surface area contributed by atoms with Crippen LogP contribution in [0, 0.1) is 18.3 Å². The van der Waals surface area contributed by atoms with Crippen molar-refractivity contribution >= 4 is 17.3 Å². The largest absolute Gasteiger partial charge is 0.368 e. The summed E-state index contributed by atoms with van der Waals surface area (Å²) in [5.74, 6) is -0.284. The van der Waals surface area contributed by atoms with Gasteiger partial charge in [-0.2, -0.15) is 5.26 Å². The van der Waals surface area contributed by atoms with Crippen LogP contribution in [0.15, 0.2) is 61.2 Å². The molecule has 0 saturated carbocycles. The molecule has 10 heteroatoms. The van der Waals surface area contributed by atoms with Crippen molar-refractivity contribution in [1.82, 2.24) is 29.9 Å². The fourth-order valence-corrected chi connectivity index (χ4v) is 4.89. The van der Waals surface area contributed by atoms with Gasteiger partial charge in [0.05, 0.1) is 52.8 Å². The maximum Gasteiger partial charge on any atom is 0.255 e. The maximum atomic E-state index is 13.0. The van der Waals surface area contributed by atoms with Crippen molar-refractivity contribution in [2.24, 2.45) is 0 Å². The van der Waals surface area contributed by atoms with Crippen molar-refractivity contribution in [1.29, 1.82) is 5.26 Å². The molecule has 1 aliphatic rings. The lowest BCUT2D eigenvalue weighted by atomic mass is 9.85. The van der Waals surface area contributed by atoms with Crippen LogP contribution >= 0.6 is 0 Å². The lowest BCUT2D eigenvalue weighted by molar-refractivity contribution is 0.102. The SMILES string of the molecule is Cc1ncc(NC(=O)c2cccc(C(C)(C)C#N)c2)cc1-n1cc(-c2cncc(N3CCN(C(C)C)CC3)c2)nn1. The number of hydrogen-bond acceptors (Lipinski definition) is 8. The van der Waals surface area contributed by atoms with Gasteiger partial charge in [0.25, 0.3) is 5.91 Å². The van der Waals surface area contributed by atoms with Crippen LogP contribution in [0.5, 0.6) is 0 Å². The molecule has 1 N–H and O–H groups in total. The molecule has 1 aromatic carbocycles. The highest BCUT2D eigenvalue weighted by molar-refractivity contribution is 6.04. The molecule has 3 aromatic heterocycles. The molecule has 1 aliphatic heterocycles. The van der Waals surface area contributed by atoms with Crippen molar-refractivity contribution < 1.29 is 4.79 Å². The van der Waals surface area contributed by atoms with Gasteiger partial charge in [-0.3, -0.25) is 19.7 Å². The first-order valence-corrected chi connectivity index (χ1v) is 13.8. The van der Waals surface area contributed by atoms with E-state index in [2.05, 4.69) is 61.4 Å². The maximum absolute atomic E-state index is 13.0. The van der Waals surface area contributed by atoms with E-state index in [9.17, 15) is 10.1 Å². The predicted molar refractivity (Wildman–Crippen MR) is 159 cm³/mol. The van der Waals surface area contributed by atoms with Crippen molar-refractivity contribution in [3.8, 4) is 23.0 Å². The van der Waals surface area contributed by atoms with Gasteiger partial charge >= 0.3 is 0 Å². The van der Waals surface area contributed by atoms with Crippen LogP contribution in [0.3, 0.4) is 0 Å². The predicted octanol–water partition coefficient (Wildman–Crippen LogP) is 4.62. The first-order valence-electron chi connectivity index (χ1n) is 13.8. The molecule has 1 saturated heterocycles. The minimum absolute atomic E-state index is 0.284. The highest BCUT2D eigenvalue weighted by atomic mass is 16.1. The summed E-state index contributed by atoms with van der Waals surface area (Å²) in [7, 11) is 0. The van der Waals surface area contributed by atoms with Gasteiger partial charge in [0.1, 0.15) is 5.69 Å². The minimum Gasteiger partial charge on any atom is -0.368 e. The second kappa shape index (κ2) is 11.5. The number of benzene rings is 1. The van der Waals surface area contributed by atoms with Gasteiger partial charge in [0.15, 0.2) is 0 Å². The molecule has 4 aromatic rings. The Hall–Kier alpha value is -4.62. The zero-order valence-electron chi connectivity index (χ0n) is 24.2. The smallest absolute Gasteiger partial charge is 0.255 e. The number of carbonyl (C=O) groups excluding carboxylic acids is 1. The summed E-state index contributed by atoms with van der Waals surface area (Å²) >= 11 is 0. The molecule has 10 nitrogen and oxygen atoms in total. The van der Waals surface area contributed by atoms with Crippen LogP contribution in [0.25, 0.3) is 16.9 Å². The highest BCUT2D eigenvalue weighted by Crippen LogP contribution is 2.26. The molecule has 0 spiro atoms. The number of nitriles is 1. The third-order valence-electron chi connectivity index (χ3n) is 7.61. The second-order valence-corrected chi connectivity index (χ2v) is 11.2. The molecule has 1 fully saturated rings. The van der Waals surface area contributed by atoms with Crippen molar-refractivity contribution in [2.45, 2.75) is 46.1 Å². The first kappa shape index (κ1) is 27.9. The zero-order valence-corrected chi connectivity index (χ0v) is 24.2. The Morgan fingerprint density at radius 1 is 1.07 bits per heavy atom. The number of aromatic nitrogens is 5. The second-order valence-electron chi connectivity index (χ2n) is 11.2. The summed E-state index contributed by atoms with van der Waals surface area (Å²) in [6, 6.07) is 13.9. The summed E-state index contributed by atoms with van der Waals surface area (Å²) in [6.07, 6.45) is 7.16. The summed E-state index contributed by atoms with van der Waals surface area (Å²) in [6.45, 7) is 14.0. The number of nitrogens with zero attached hydrogens (tertiary/aromatic N) is 8. The van der Waals surface area contributed by atoms with E-state index < -0.39 is 5.41 Å². The van der Waals surface area contributed by atoms with E-state index in [4.69, 9.17) is 0 Å². The Morgan fingerprint density at radius 2 is 1.85 bits per heavy atom. The normalized spacial score (nSPS) is 14.2. The van der Waals surface area contributed by atoms with Crippen LogP contribution in [0.4, 0.5) is 11.4 Å². The summed E-state index contributed by atoms with van der Waals surface area (Å²) in [4.78, 5) is 26.9. The van der Waals surface area contributed by atoms with Crippen LogP contribution in [-0.4, -0.2) is 68.0 Å². The van der Waals surface area contributed by atoms with Gasteiger partial charge in [-0.25, -0.2) is 4.68 Å². The monoisotopic (exact) mass is 549 g/mol. The number of nitrogens with one attached hydrogen (secondary N) is 1. The molecule has 41 heavy (non-hydrogen) atoms. The zero-order chi connectivity index (χ0) is 29.1. The van der Waals surface area contributed by atoms with Crippen LogP contribution in [-0.2, 0) is 5.41 Å². The highest BCUT2D eigenvalue weighted by Gasteiger charge is 2.22. The lowest BCUT2D eigenvalue weighted by Crippen LogP contribution is -2.48. The number of amides is 1. The van der Waals surface area contributed by atoms with E-state index in [1.54, 1.807) is 35.3 Å². The van der Waals surface area contributed by atoms with Gasteiger partial charge in [0.2, 0.25) is 0 Å². The molecule has 4 heterocycles. The fraction of sp³-hybridized carbons (Fsp3) is 0.355. The van der Waals surface area contributed by atoms with E-state index in [1.807, 2.05) is 45.3 Å². The molecule has 0 bridgehead atoms. The first-order chi connectivity index (χ1) is 19.6. The molecule has 0 atom stereocenters. The number of pyridine rings is 2. The number of aryl methyl sites for hydroxylation is 1. The van der Waals surface area contributed by atoms with E-state index in [1.165, 1.54) is 0 Å². The number of piperazine rings is 1. The Balaban J connectivity index is 1.33. The minimum atomic E-state index is -0.697. The van der Waals surface area contributed by atoms with Gasteiger partial charge in [-0.1, -0.05) is 17.3 Å². The topological polar surface area (TPSA) is 116 Å². The molecule has 0 radical (unpaired) electrons. The van der Waals surface area contributed by atoms with Crippen molar-refractivity contribution in [2.75, 3.05) is 36.4 Å². The number of rotatable bonds is 7. The van der Waals surface area contributed by atoms with Gasteiger partial charge < -0.3 is 10.2 Å².